The van der Waals surface area contributed by atoms with E-state index in [1.807, 2.05) is 25.7 Å². The number of hydrogen-bond donors (Lipinski definition) is 0. The van der Waals surface area contributed by atoms with Gasteiger partial charge < -0.3 is 9.80 Å². The lowest BCUT2D eigenvalue weighted by Crippen LogP contribution is -2.48. The summed E-state index contributed by atoms with van der Waals surface area (Å²) in [6, 6.07) is 10.8. The van der Waals surface area contributed by atoms with Crippen molar-refractivity contribution in [3.8, 4) is 0 Å². The Morgan fingerprint density at radius 3 is 2.40 bits per heavy atom. The van der Waals surface area contributed by atoms with E-state index in [0.29, 0.717) is 13.0 Å². The molecule has 0 spiro atoms. The summed E-state index contributed by atoms with van der Waals surface area (Å²) in [4.78, 5) is 30.8. The van der Waals surface area contributed by atoms with Gasteiger partial charge in [0.05, 0.1) is 6.04 Å². The largest absolute Gasteiger partial charge is 0.331 e. The zero-order chi connectivity index (χ0) is 22.1. The van der Waals surface area contributed by atoms with Crippen molar-refractivity contribution in [2.45, 2.75) is 71.9 Å². The van der Waals surface area contributed by atoms with Gasteiger partial charge in [0.1, 0.15) is 6.54 Å². The summed E-state index contributed by atoms with van der Waals surface area (Å²) >= 11 is 1.77. The minimum absolute atomic E-state index is 0.00687. The van der Waals surface area contributed by atoms with Gasteiger partial charge in [0, 0.05) is 23.9 Å². The molecule has 0 saturated carbocycles. The van der Waals surface area contributed by atoms with Gasteiger partial charge in [-0.2, -0.15) is 0 Å². The van der Waals surface area contributed by atoms with Crippen LogP contribution in [-0.4, -0.2) is 40.7 Å². The topological polar surface area (TPSA) is 40.6 Å². The van der Waals surface area contributed by atoms with E-state index in [1.165, 1.54) is 16.0 Å². The molecule has 1 aromatic carbocycles. The highest BCUT2D eigenvalue weighted by molar-refractivity contribution is 7.10. The van der Waals surface area contributed by atoms with Crippen LogP contribution in [0.5, 0.6) is 0 Å². The Bertz CT molecular complexity index is 893. The van der Waals surface area contributed by atoms with Crippen LogP contribution >= 0.6 is 11.3 Å². The summed E-state index contributed by atoms with van der Waals surface area (Å²) < 4.78 is 0. The summed E-state index contributed by atoms with van der Waals surface area (Å²) in [7, 11) is 0. The number of fused-ring (bicyclic) bond motifs is 1. The molecule has 30 heavy (non-hydrogen) atoms. The maximum absolute atomic E-state index is 13.4. The van der Waals surface area contributed by atoms with E-state index in [-0.39, 0.29) is 35.9 Å². The van der Waals surface area contributed by atoms with Crippen LogP contribution in [0.1, 0.15) is 75.6 Å². The van der Waals surface area contributed by atoms with Crippen LogP contribution in [-0.2, 0) is 21.4 Å². The second kappa shape index (κ2) is 8.93. The van der Waals surface area contributed by atoms with Crippen molar-refractivity contribution < 1.29 is 9.59 Å². The Morgan fingerprint density at radius 1 is 1.17 bits per heavy atom. The fourth-order valence-electron chi connectivity index (χ4n) is 4.11. The summed E-state index contributed by atoms with van der Waals surface area (Å²) in [5.41, 5.74) is 3.73. The molecule has 5 heteroatoms. The molecule has 2 aromatic rings. The second-order valence-electron chi connectivity index (χ2n) is 9.38. The maximum Gasteiger partial charge on any atom is 0.243 e. The van der Waals surface area contributed by atoms with Crippen molar-refractivity contribution in [2.24, 2.45) is 0 Å². The molecule has 1 atom stereocenters. The number of carbonyl (C=O) groups excluding carboxylic acids is 2. The lowest BCUT2D eigenvalue weighted by atomic mass is 9.85. The van der Waals surface area contributed by atoms with Crippen molar-refractivity contribution in [1.82, 2.24) is 9.80 Å². The number of carbonyl (C=O) groups is 2. The number of amides is 2. The van der Waals surface area contributed by atoms with Gasteiger partial charge in [0.2, 0.25) is 11.8 Å². The van der Waals surface area contributed by atoms with Gasteiger partial charge in [0.25, 0.3) is 0 Å². The van der Waals surface area contributed by atoms with Crippen LogP contribution in [0.2, 0.25) is 0 Å². The second-order valence-corrected chi connectivity index (χ2v) is 10.4. The molecule has 1 aliphatic rings. The normalized spacial score (nSPS) is 16.5. The lowest BCUT2D eigenvalue weighted by molar-refractivity contribution is -0.143. The molecule has 0 bridgehead atoms. The first kappa shape index (κ1) is 22.5. The van der Waals surface area contributed by atoms with Crippen LogP contribution in [0, 0.1) is 0 Å². The van der Waals surface area contributed by atoms with E-state index >= 15 is 0 Å². The average molecular weight is 427 g/mol. The number of rotatable bonds is 5. The van der Waals surface area contributed by atoms with Gasteiger partial charge in [-0.25, -0.2) is 0 Å². The molecule has 0 N–H and O–H groups in total. The van der Waals surface area contributed by atoms with E-state index in [1.54, 1.807) is 16.2 Å². The molecule has 0 fully saturated rings. The minimum Gasteiger partial charge on any atom is -0.331 e. The Morgan fingerprint density at radius 2 is 1.83 bits per heavy atom. The van der Waals surface area contributed by atoms with Gasteiger partial charge in [-0.1, -0.05) is 52.0 Å². The third-order valence-electron chi connectivity index (χ3n) is 5.93. The molecule has 1 aliphatic heterocycles. The molecular formula is C25H34N2O2S. The molecule has 1 unspecified atom stereocenters. The molecule has 0 radical (unpaired) electrons. The van der Waals surface area contributed by atoms with Gasteiger partial charge >= 0.3 is 0 Å². The standard InChI is InChI=1S/C25H34N2O2S/c1-7-22(28)27(17(2)3)16-23(29)26-14-12-21-20(13-15-30-21)24(26)18-8-10-19(11-9-18)25(4,5)6/h8-11,13,15,17,24H,7,12,14,16H2,1-6H3. The number of benzene rings is 1. The van der Waals surface area contributed by atoms with Gasteiger partial charge in [0.15, 0.2) is 0 Å². The quantitative estimate of drug-likeness (QED) is 0.662. The summed E-state index contributed by atoms with van der Waals surface area (Å²) in [6.45, 7) is 13.2. The molecule has 1 aromatic heterocycles. The van der Waals surface area contributed by atoms with Crippen molar-refractivity contribution in [3.63, 3.8) is 0 Å². The molecule has 162 valence electrons. The first-order chi connectivity index (χ1) is 14.1. The van der Waals surface area contributed by atoms with Crippen LogP contribution < -0.4 is 0 Å². The van der Waals surface area contributed by atoms with Crippen molar-refractivity contribution in [2.75, 3.05) is 13.1 Å². The van der Waals surface area contributed by atoms with Crippen LogP contribution in [0.25, 0.3) is 0 Å². The maximum atomic E-state index is 13.4. The summed E-state index contributed by atoms with van der Waals surface area (Å²) in [6.07, 6.45) is 1.29. The zero-order valence-corrected chi connectivity index (χ0v) is 19.9. The van der Waals surface area contributed by atoms with E-state index in [9.17, 15) is 9.59 Å². The van der Waals surface area contributed by atoms with E-state index in [0.717, 1.165) is 12.0 Å². The third-order valence-corrected chi connectivity index (χ3v) is 6.93. The molecule has 4 nitrogen and oxygen atoms in total. The Labute approximate surface area is 184 Å². The summed E-state index contributed by atoms with van der Waals surface area (Å²) in [5.74, 6) is 0.0462. The SMILES string of the molecule is CCC(=O)N(CC(=O)N1CCc2sccc2C1c1ccc(C(C)(C)C)cc1)C(C)C. The van der Waals surface area contributed by atoms with Crippen LogP contribution in [0.4, 0.5) is 0 Å². The summed E-state index contributed by atoms with van der Waals surface area (Å²) in [5, 5.41) is 2.12. The monoisotopic (exact) mass is 426 g/mol. The molecule has 0 saturated heterocycles. The van der Waals surface area contributed by atoms with Gasteiger partial charge in [-0.15, -0.1) is 11.3 Å². The van der Waals surface area contributed by atoms with Crippen molar-refractivity contribution >= 4 is 23.2 Å². The minimum atomic E-state index is -0.0905. The third kappa shape index (κ3) is 4.61. The lowest BCUT2D eigenvalue weighted by Gasteiger charge is -2.38. The molecule has 2 amide bonds. The van der Waals surface area contributed by atoms with E-state index in [4.69, 9.17) is 0 Å². The van der Waals surface area contributed by atoms with Gasteiger partial charge in [-0.05, 0) is 53.8 Å². The first-order valence-corrected chi connectivity index (χ1v) is 11.8. The zero-order valence-electron chi connectivity index (χ0n) is 19.1. The number of thiophene rings is 1. The molecule has 3 rings (SSSR count). The van der Waals surface area contributed by atoms with Crippen molar-refractivity contribution in [3.05, 3.63) is 57.3 Å². The molecular weight excluding hydrogens is 392 g/mol. The highest BCUT2D eigenvalue weighted by atomic mass is 32.1. The predicted octanol–water partition coefficient (Wildman–Crippen LogP) is 5.17. The van der Waals surface area contributed by atoms with E-state index < -0.39 is 0 Å². The van der Waals surface area contributed by atoms with E-state index in [2.05, 4.69) is 56.5 Å². The van der Waals surface area contributed by atoms with Crippen LogP contribution in [0.15, 0.2) is 35.7 Å². The molecule has 2 heterocycles. The fraction of sp³-hybridized carbons (Fsp3) is 0.520. The predicted molar refractivity (Wildman–Crippen MR) is 124 cm³/mol. The Kier molecular flexibility index (Phi) is 6.71. The van der Waals surface area contributed by atoms with Crippen molar-refractivity contribution in [1.29, 1.82) is 0 Å². The number of hydrogen-bond acceptors (Lipinski definition) is 3. The Balaban J connectivity index is 1.93. The Hall–Kier alpha value is -2.14. The van der Waals surface area contributed by atoms with Gasteiger partial charge in [-0.3, -0.25) is 9.59 Å². The fourth-order valence-corrected chi connectivity index (χ4v) is 5.01. The average Bonchev–Trinajstić information content (AvgIpc) is 3.18. The highest BCUT2D eigenvalue weighted by Gasteiger charge is 2.34. The smallest absolute Gasteiger partial charge is 0.243 e. The highest BCUT2D eigenvalue weighted by Crippen LogP contribution is 2.38. The first-order valence-electron chi connectivity index (χ1n) is 10.9. The number of nitrogens with zero attached hydrogens (tertiary/aromatic N) is 2. The molecule has 0 aliphatic carbocycles. The van der Waals surface area contributed by atoms with Crippen LogP contribution in [0.3, 0.4) is 0 Å².